The van der Waals surface area contributed by atoms with Crippen molar-refractivity contribution in [2.75, 3.05) is 19.5 Å². The summed E-state index contributed by atoms with van der Waals surface area (Å²) in [6.07, 6.45) is 3.48. The summed E-state index contributed by atoms with van der Waals surface area (Å²) < 4.78 is 15.7. The first-order valence-electron chi connectivity index (χ1n) is 7.83. The number of fused-ring (bicyclic) bond motifs is 1. The van der Waals surface area contributed by atoms with Gasteiger partial charge in [0.1, 0.15) is 5.76 Å². The second kappa shape index (κ2) is 6.84. The second-order valence-electron chi connectivity index (χ2n) is 5.66. The molecule has 0 fully saturated rings. The molecule has 2 aromatic rings. The first-order valence-corrected chi connectivity index (χ1v) is 7.83. The molecule has 0 radical (unpaired) electrons. The van der Waals surface area contributed by atoms with E-state index in [1.165, 1.54) is 26.4 Å². The van der Waals surface area contributed by atoms with Crippen LogP contribution in [0.4, 0.5) is 5.69 Å². The van der Waals surface area contributed by atoms with E-state index in [0.717, 1.165) is 37.0 Å². The lowest BCUT2D eigenvalue weighted by Gasteiger charge is -2.15. The molecular formula is C17H18N2O6. The van der Waals surface area contributed by atoms with Gasteiger partial charge in [0.15, 0.2) is 17.2 Å². The van der Waals surface area contributed by atoms with Gasteiger partial charge in [0.2, 0.25) is 0 Å². The van der Waals surface area contributed by atoms with Gasteiger partial charge < -0.3 is 24.4 Å². The highest BCUT2D eigenvalue weighted by Gasteiger charge is 2.25. The number of carbonyl (C=O) groups excluding carboxylic acids is 1. The van der Waals surface area contributed by atoms with Gasteiger partial charge in [-0.15, -0.1) is 0 Å². The van der Waals surface area contributed by atoms with E-state index in [1.54, 1.807) is 0 Å². The van der Waals surface area contributed by atoms with Crippen molar-refractivity contribution in [3.05, 3.63) is 34.7 Å². The number of aromatic carboxylic acids is 1. The molecule has 0 bridgehead atoms. The fourth-order valence-corrected chi connectivity index (χ4v) is 2.93. The van der Waals surface area contributed by atoms with Crippen LogP contribution in [0.25, 0.3) is 0 Å². The standard InChI is InChI=1S/C17H18N2O6/c1-23-13-8-9(17(21)22)7-11(15(13)24-2)18-16(20)14-10-5-3-4-6-12(10)25-19-14/h7-8H,3-6H2,1-2H3,(H,18,20)(H,21,22). The number of amides is 1. The van der Waals surface area contributed by atoms with Crippen LogP contribution in [0.5, 0.6) is 11.5 Å². The Balaban J connectivity index is 1.96. The third-order valence-electron chi connectivity index (χ3n) is 4.14. The average Bonchev–Trinajstić information content (AvgIpc) is 3.05. The Kier molecular flexibility index (Phi) is 4.60. The van der Waals surface area contributed by atoms with Crippen LogP contribution in [0.1, 0.15) is 45.0 Å². The maximum atomic E-state index is 12.6. The van der Waals surface area contributed by atoms with E-state index >= 15 is 0 Å². The summed E-state index contributed by atoms with van der Waals surface area (Å²) in [5.41, 5.74) is 1.19. The number of methoxy groups -OCH3 is 2. The molecule has 8 nitrogen and oxygen atoms in total. The molecule has 0 saturated carbocycles. The maximum absolute atomic E-state index is 12.6. The predicted molar refractivity (Wildman–Crippen MR) is 87.6 cm³/mol. The van der Waals surface area contributed by atoms with Crippen molar-refractivity contribution in [3.8, 4) is 11.5 Å². The van der Waals surface area contributed by atoms with Gasteiger partial charge in [0, 0.05) is 12.0 Å². The van der Waals surface area contributed by atoms with Gasteiger partial charge in [-0.05, 0) is 31.4 Å². The molecule has 0 saturated heterocycles. The lowest BCUT2D eigenvalue weighted by molar-refractivity contribution is 0.0696. The molecule has 1 aliphatic carbocycles. The fourth-order valence-electron chi connectivity index (χ4n) is 2.93. The number of anilines is 1. The number of aryl methyl sites for hydroxylation is 1. The number of hydrogen-bond donors (Lipinski definition) is 2. The van der Waals surface area contributed by atoms with Gasteiger partial charge in [-0.25, -0.2) is 4.79 Å². The number of benzene rings is 1. The summed E-state index contributed by atoms with van der Waals surface area (Å²) in [5.74, 6) is -0.441. The van der Waals surface area contributed by atoms with Crippen LogP contribution in [-0.4, -0.2) is 36.4 Å². The van der Waals surface area contributed by atoms with Gasteiger partial charge in [-0.3, -0.25) is 4.79 Å². The Labute approximate surface area is 143 Å². The van der Waals surface area contributed by atoms with Gasteiger partial charge in [0.25, 0.3) is 5.91 Å². The molecule has 1 amide bonds. The molecule has 25 heavy (non-hydrogen) atoms. The van der Waals surface area contributed by atoms with E-state index in [2.05, 4.69) is 10.5 Å². The largest absolute Gasteiger partial charge is 0.493 e. The van der Waals surface area contributed by atoms with Gasteiger partial charge in [-0.1, -0.05) is 5.16 Å². The quantitative estimate of drug-likeness (QED) is 0.855. The zero-order valence-corrected chi connectivity index (χ0v) is 13.9. The Morgan fingerprint density at radius 3 is 2.64 bits per heavy atom. The molecule has 2 N–H and O–H groups in total. The van der Waals surface area contributed by atoms with E-state index in [9.17, 15) is 14.7 Å². The van der Waals surface area contributed by atoms with Crippen molar-refractivity contribution >= 4 is 17.6 Å². The molecule has 1 aromatic carbocycles. The first-order chi connectivity index (χ1) is 12.0. The van der Waals surface area contributed by atoms with Gasteiger partial charge in [0.05, 0.1) is 25.5 Å². The van der Waals surface area contributed by atoms with Gasteiger partial charge in [-0.2, -0.15) is 0 Å². The zero-order valence-electron chi connectivity index (χ0n) is 13.9. The Hall–Kier alpha value is -3.03. The third kappa shape index (κ3) is 3.15. The lowest BCUT2D eigenvalue weighted by atomic mass is 9.96. The van der Waals surface area contributed by atoms with Crippen molar-refractivity contribution in [1.29, 1.82) is 0 Å². The van der Waals surface area contributed by atoms with E-state index in [0.29, 0.717) is 0 Å². The van der Waals surface area contributed by atoms with Crippen LogP contribution in [0, 0.1) is 0 Å². The molecule has 0 aliphatic heterocycles. The van der Waals surface area contributed by atoms with Crippen LogP contribution in [0.3, 0.4) is 0 Å². The normalized spacial score (nSPS) is 13.0. The summed E-state index contributed by atoms with van der Waals surface area (Å²) in [5, 5.41) is 15.8. The molecule has 0 atom stereocenters. The van der Waals surface area contributed by atoms with Gasteiger partial charge >= 0.3 is 5.97 Å². The number of carboxylic acids is 1. The minimum Gasteiger partial charge on any atom is -0.493 e. The number of nitrogens with one attached hydrogen (secondary N) is 1. The number of hydrogen-bond acceptors (Lipinski definition) is 6. The molecule has 132 valence electrons. The monoisotopic (exact) mass is 346 g/mol. The van der Waals surface area contributed by atoms with Crippen molar-refractivity contribution in [2.45, 2.75) is 25.7 Å². The minimum absolute atomic E-state index is 0.0323. The highest BCUT2D eigenvalue weighted by molar-refractivity contribution is 6.05. The van der Waals surface area contributed by atoms with Crippen molar-refractivity contribution in [2.24, 2.45) is 0 Å². The molecule has 1 heterocycles. The molecule has 0 unspecified atom stereocenters. The topological polar surface area (TPSA) is 111 Å². The van der Waals surface area contributed by atoms with Crippen LogP contribution in [-0.2, 0) is 12.8 Å². The van der Waals surface area contributed by atoms with E-state index in [1.807, 2.05) is 0 Å². The maximum Gasteiger partial charge on any atom is 0.335 e. The smallest absolute Gasteiger partial charge is 0.335 e. The molecular weight excluding hydrogens is 328 g/mol. The van der Waals surface area contributed by atoms with E-state index < -0.39 is 11.9 Å². The Morgan fingerprint density at radius 2 is 1.96 bits per heavy atom. The van der Waals surface area contributed by atoms with E-state index in [-0.39, 0.29) is 28.4 Å². The summed E-state index contributed by atoms with van der Waals surface area (Å²) >= 11 is 0. The number of carbonyl (C=O) groups is 2. The number of nitrogens with zero attached hydrogens (tertiary/aromatic N) is 1. The van der Waals surface area contributed by atoms with Crippen LogP contribution in [0.2, 0.25) is 0 Å². The van der Waals surface area contributed by atoms with Crippen LogP contribution >= 0.6 is 0 Å². The highest BCUT2D eigenvalue weighted by Crippen LogP contribution is 2.37. The van der Waals surface area contributed by atoms with Crippen molar-refractivity contribution < 1.29 is 28.7 Å². The number of aromatic nitrogens is 1. The SMILES string of the molecule is COc1cc(C(=O)O)cc(NC(=O)c2noc3c2CCCC3)c1OC. The van der Waals surface area contributed by atoms with E-state index in [4.69, 9.17) is 14.0 Å². The number of ether oxygens (including phenoxy) is 2. The summed E-state index contributed by atoms with van der Waals surface area (Å²) in [7, 11) is 2.80. The molecule has 8 heteroatoms. The molecule has 3 rings (SSSR count). The van der Waals surface area contributed by atoms with Crippen LogP contribution < -0.4 is 14.8 Å². The van der Waals surface area contributed by atoms with Crippen LogP contribution in [0.15, 0.2) is 16.7 Å². The summed E-state index contributed by atoms with van der Waals surface area (Å²) in [6, 6.07) is 2.64. The number of rotatable bonds is 5. The fraction of sp³-hybridized carbons (Fsp3) is 0.353. The predicted octanol–water partition coefficient (Wildman–Crippen LogP) is 2.52. The number of carboxylic acid groups (broad SMARTS) is 1. The summed E-state index contributed by atoms with van der Waals surface area (Å²) in [4.78, 5) is 23.9. The average molecular weight is 346 g/mol. The lowest BCUT2D eigenvalue weighted by Crippen LogP contribution is -2.17. The third-order valence-corrected chi connectivity index (χ3v) is 4.14. The Morgan fingerprint density at radius 1 is 1.20 bits per heavy atom. The van der Waals surface area contributed by atoms with Crippen molar-refractivity contribution in [3.63, 3.8) is 0 Å². The Bertz CT molecular complexity index is 827. The zero-order chi connectivity index (χ0) is 18.0. The minimum atomic E-state index is -1.14. The molecule has 1 aromatic heterocycles. The van der Waals surface area contributed by atoms with Crippen molar-refractivity contribution in [1.82, 2.24) is 5.16 Å². The second-order valence-corrected chi connectivity index (χ2v) is 5.66. The molecule has 0 spiro atoms. The molecule has 1 aliphatic rings. The highest BCUT2D eigenvalue weighted by atomic mass is 16.5. The first kappa shape index (κ1) is 16.8. The summed E-state index contributed by atoms with van der Waals surface area (Å²) in [6.45, 7) is 0.